The number of aliphatic imine (C=N–C) groups is 1. The second kappa shape index (κ2) is 12.1. The van der Waals surface area contributed by atoms with Crippen LogP contribution in [0.1, 0.15) is 57.6 Å². The fourth-order valence-corrected chi connectivity index (χ4v) is 4.51. The van der Waals surface area contributed by atoms with Crippen LogP contribution in [0.25, 0.3) is 0 Å². The number of aryl methyl sites for hydroxylation is 1. The highest BCUT2D eigenvalue weighted by Crippen LogP contribution is 2.28. The van der Waals surface area contributed by atoms with Crippen LogP contribution in [0.15, 0.2) is 23.2 Å². The number of ether oxygens (including phenoxy) is 1. The van der Waals surface area contributed by atoms with Crippen molar-refractivity contribution >= 4 is 40.0 Å². The highest BCUT2D eigenvalue weighted by molar-refractivity contribution is 14.0. The molecule has 0 aromatic heterocycles. The number of sulfonamides is 1. The summed E-state index contributed by atoms with van der Waals surface area (Å²) in [6.45, 7) is 9.33. The Morgan fingerprint density at radius 1 is 1.23 bits per heavy atom. The van der Waals surface area contributed by atoms with Crippen LogP contribution in [-0.2, 0) is 16.6 Å². The summed E-state index contributed by atoms with van der Waals surface area (Å²) in [4.78, 5) is 4.69. The van der Waals surface area contributed by atoms with Crippen molar-refractivity contribution in [3.05, 3.63) is 29.3 Å². The highest BCUT2D eigenvalue weighted by Gasteiger charge is 2.22. The lowest BCUT2D eigenvalue weighted by Gasteiger charge is -2.26. The van der Waals surface area contributed by atoms with E-state index in [0.29, 0.717) is 31.7 Å². The molecule has 3 N–H and O–H groups in total. The Morgan fingerprint density at radius 3 is 2.50 bits per heavy atom. The SMILES string of the molecule is CCNC(=NCc1ccc(C)cc1OC1CCCC1)NCC(C)(C)NS(C)(=O)=O.I. The molecule has 0 unspecified atom stereocenters. The van der Waals surface area contributed by atoms with Gasteiger partial charge in [0, 0.05) is 24.2 Å². The zero-order chi connectivity index (χ0) is 21.5. The van der Waals surface area contributed by atoms with E-state index in [1.54, 1.807) is 0 Å². The number of rotatable bonds is 9. The largest absolute Gasteiger partial charge is 0.490 e. The maximum atomic E-state index is 11.5. The van der Waals surface area contributed by atoms with Crippen LogP contribution in [0.4, 0.5) is 0 Å². The third kappa shape index (κ3) is 9.82. The summed E-state index contributed by atoms with van der Waals surface area (Å²) < 4.78 is 32.0. The number of guanidine groups is 1. The molecule has 0 spiro atoms. The summed E-state index contributed by atoms with van der Waals surface area (Å²) in [6.07, 6.45) is 6.16. The molecule has 172 valence electrons. The van der Waals surface area contributed by atoms with Crippen LogP contribution in [0.2, 0.25) is 0 Å². The molecule has 0 atom stereocenters. The standard InChI is InChI=1S/C21H36N4O3S.HI/c1-6-22-20(24-15-21(3,4)25-29(5,26)27)23-14-17-12-11-16(2)13-19(17)28-18-9-7-8-10-18;/h11-13,18,25H,6-10,14-15H2,1-5H3,(H2,22,23,24);1H. The first kappa shape index (κ1) is 27.0. The predicted molar refractivity (Wildman–Crippen MR) is 134 cm³/mol. The van der Waals surface area contributed by atoms with Crippen LogP contribution < -0.4 is 20.1 Å². The Hall–Kier alpha value is -1.07. The van der Waals surface area contributed by atoms with E-state index in [1.165, 1.54) is 18.4 Å². The van der Waals surface area contributed by atoms with Crippen molar-refractivity contribution in [1.29, 1.82) is 0 Å². The second-order valence-corrected chi connectivity index (χ2v) is 10.2. The highest BCUT2D eigenvalue weighted by atomic mass is 127. The van der Waals surface area contributed by atoms with Gasteiger partial charge in [-0.05, 0) is 65.0 Å². The Bertz CT molecular complexity index is 806. The van der Waals surface area contributed by atoms with Gasteiger partial charge in [-0.25, -0.2) is 18.1 Å². The van der Waals surface area contributed by atoms with E-state index in [4.69, 9.17) is 4.74 Å². The molecule has 30 heavy (non-hydrogen) atoms. The minimum Gasteiger partial charge on any atom is -0.490 e. The Balaban J connectivity index is 0.00000450. The monoisotopic (exact) mass is 552 g/mol. The van der Waals surface area contributed by atoms with Gasteiger partial charge >= 0.3 is 0 Å². The van der Waals surface area contributed by atoms with Crippen molar-refractivity contribution in [2.45, 2.75) is 71.6 Å². The Labute approximate surface area is 198 Å². The number of hydrogen-bond donors (Lipinski definition) is 3. The van der Waals surface area contributed by atoms with Gasteiger partial charge in [0.15, 0.2) is 5.96 Å². The van der Waals surface area contributed by atoms with Gasteiger partial charge in [0.05, 0.1) is 18.9 Å². The zero-order valence-corrected chi connectivity index (χ0v) is 21.9. The van der Waals surface area contributed by atoms with E-state index in [9.17, 15) is 8.42 Å². The molecular formula is C21H37IN4O3S. The van der Waals surface area contributed by atoms with Crippen LogP contribution in [-0.4, -0.2) is 45.4 Å². The molecule has 1 aliphatic carbocycles. The van der Waals surface area contributed by atoms with Crippen molar-refractivity contribution in [2.75, 3.05) is 19.3 Å². The van der Waals surface area contributed by atoms with Gasteiger partial charge in [-0.3, -0.25) is 0 Å². The summed E-state index contributed by atoms with van der Waals surface area (Å²) in [5, 5.41) is 6.44. The molecule has 1 aromatic carbocycles. The lowest BCUT2D eigenvalue weighted by atomic mass is 10.1. The number of hydrogen-bond acceptors (Lipinski definition) is 4. The first-order valence-electron chi connectivity index (χ1n) is 10.4. The number of benzene rings is 1. The lowest BCUT2D eigenvalue weighted by molar-refractivity contribution is 0.208. The Kier molecular flexibility index (Phi) is 10.9. The van der Waals surface area contributed by atoms with Gasteiger partial charge in [0.2, 0.25) is 10.0 Å². The molecule has 0 saturated heterocycles. The van der Waals surface area contributed by atoms with E-state index < -0.39 is 15.6 Å². The molecule has 0 heterocycles. The fraction of sp³-hybridized carbons (Fsp3) is 0.667. The van der Waals surface area contributed by atoms with Gasteiger partial charge in [-0.1, -0.05) is 12.1 Å². The van der Waals surface area contributed by atoms with Gasteiger partial charge in [-0.15, -0.1) is 24.0 Å². The minimum atomic E-state index is -3.29. The van der Waals surface area contributed by atoms with E-state index in [1.807, 2.05) is 20.8 Å². The van der Waals surface area contributed by atoms with Crippen molar-refractivity contribution in [1.82, 2.24) is 15.4 Å². The van der Waals surface area contributed by atoms with Crippen LogP contribution >= 0.6 is 24.0 Å². The van der Waals surface area contributed by atoms with Crippen LogP contribution in [0.5, 0.6) is 5.75 Å². The van der Waals surface area contributed by atoms with Gasteiger partial charge < -0.3 is 15.4 Å². The molecule has 1 fully saturated rings. The Morgan fingerprint density at radius 2 is 1.90 bits per heavy atom. The summed E-state index contributed by atoms with van der Waals surface area (Å²) >= 11 is 0. The molecule has 1 aliphatic rings. The molecule has 9 heteroatoms. The molecule has 1 aromatic rings. The maximum absolute atomic E-state index is 11.5. The van der Waals surface area contributed by atoms with Crippen molar-refractivity contribution in [2.24, 2.45) is 4.99 Å². The van der Waals surface area contributed by atoms with E-state index in [2.05, 4.69) is 45.5 Å². The van der Waals surface area contributed by atoms with E-state index in [0.717, 1.165) is 30.4 Å². The van der Waals surface area contributed by atoms with Gasteiger partial charge in [0.1, 0.15) is 5.75 Å². The maximum Gasteiger partial charge on any atom is 0.209 e. The first-order valence-corrected chi connectivity index (χ1v) is 12.2. The average molecular weight is 553 g/mol. The third-order valence-electron chi connectivity index (χ3n) is 4.73. The summed E-state index contributed by atoms with van der Waals surface area (Å²) in [6, 6.07) is 6.23. The molecule has 0 bridgehead atoms. The normalized spacial score (nSPS) is 15.6. The van der Waals surface area contributed by atoms with E-state index >= 15 is 0 Å². The van der Waals surface area contributed by atoms with Crippen LogP contribution in [0, 0.1) is 6.92 Å². The third-order valence-corrected chi connectivity index (χ3v) is 5.65. The molecule has 1 saturated carbocycles. The summed E-state index contributed by atoms with van der Waals surface area (Å²) in [5.74, 6) is 1.55. The average Bonchev–Trinajstić information content (AvgIpc) is 3.09. The van der Waals surface area contributed by atoms with Crippen LogP contribution in [0.3, 0.4) is 0 Å². The summed E-state index contributed by atoms with van der Waals surface area (Å²) in [5.41, 5.74) is 1.59. The fourth-order valence-electron chi connectivity index (χ4n) is 3.44. The van der Waals surface area contributed by atoms with Crippen molar-refractivity contribution < 1.29 is 13.2 Å². The zero-order valence-electron chi connectivity index (χ0n) is 18.7. The molecule has 2 rings (SSSR count). The molecule has 0 amide bonds. The molecular weight excluding hydrogens is 515 g/mol. The van der Waals surface area contributed by atoms with E-state index in [-0.39, 0.29) is 24.0 Å². The summed E-state index contributed by atoms with van der Waals surface area (Å²) in [7, 11) is -3.29. The topological polar surface area (TPSA) is 91.8 Å². The first-order chi connectivity index (χ1) is 13.6. The minimum absolute atomic E-state index is 0. The van der Waals surface area contributed by atoms with Crippen molar-refractivity contribution in [3.8, 4) is 5.75 Å². The lowest BCUT2D eigenvalue weighted by Crippen LogP contribution is -2.53. The molecule has 7 nitrogen and oxygen atoms in total. The quantitative estimate of drug-likeness (QED) is 0.249. The number of nitrogens with zero attached hydrogens (tertiary/aromatic N) is 1. The molecule has 0 radical (unpaired) electrons. The smallest absolute Gasteiger partial charge is 0.209 e. The number of nitrogens with one attached hydrogen (secondary N) is 3. The van der Waals surface area contributed by atoms with Crippen molar-refractivity contribution in [3.63, 3.8) is 0 Å². The van der Waals surface area contributed by atoms with Gasteiger partial charge in [0.25, 0.3) is 0 Å². The number of halogens is 1. The second-order valence-electron chi connectivity index (χ2n) is 8.44. The predicted octanol–water partition coefficient (Wildman–Crippen LogP) is 3.32. The van der Waals surface area contributed by atoms with Gasteiger partial charge in [-0.2, -0.15) is 0 Å². The molecule has 0 aliphatic heterocycles.